The van der Waals surface area contributed by atoms with E-state index in [0.717, 1.165) is 11.3 Å². The zero-order valence-electron chi connectivity index (χ0n) is 14.6. The molecule has 0 aliphatic carbocycles. The lowest BCUT2D eigenvalue weighted by atomic mass is 10.2. The summed E-state index contributed by atoms with van der Waals surface area (Å²) in [7, 11) is -3.32. The Kier molecular flexibility index (Phi) is 5.76. The molecular formula is C17H18N2O6S2. The van der Waals surface area contributed by atoms with Crippen LogP contribution < -0.4 is 4.31 Å². The van der Waals surface area contributed by atoms with Crippen molar-refractivity contribution in [3.8, 4) is 0 Å². The lowest BCUT2D eigenvalue weighted by molar-refractivity contribution is 0.0468. The van der Waals surface area contributed by atoms with E-state index >= 15 is 0 Å². The molecule has 1 aromatic heterocycles. The molecule has 144 valence electrons. The number of hydrogen-bond acceptors (Lipinski definition) is 8. The highest BCUT2D eigenvalue weighted by molar-refractivity contribution is 7.93. The fourth-order valence-electron chi connectivity index (χ4n) is 2.60. The minimum Gasteiger partial charge on any atom is -0.461 e. The van der Waals surface area contributed by atoms with Gasteiger partial charge in [-0.1, -0.05) is 6.07 Å². The molecule has 2 aromatic rings. The van der Waals surface area contributed by atoms with Crippen LogP contribution in [0.3, 0.4) is 0 Å². The molecule has 1 saturated heterocycles. The summed E-state index contributed by atoms with van der Waals surface area (Å²) in [5.41, 5.74) is 1.13. The molecule has 10 heteroatoms. The molecule has 0 radical (unpaired) electrons. The predicted molar refractivity (Wildman–Crippen MR) is 99.4 cm³/mol. The van der Waals surface area contributed by atoms with E-state index in [0.29, 0.717) is 24.3 Å². The maximum absolute atomic E-state index is 12.3. The molecular weight excluding hydrogens is 392 g/mol. The monoisotopic (exact) mass is 410 g/mol. The first-order valence-electron chi connectivity index (χ1n) is 8.30. The van der Waals surface area contributed by atoms with Crippen molar-refractivity contribution in [2.24, 2.45) is 0 Å². The normalized spacial score (nSPS) is 15.5. The molecule has 0 N–H and O–H groups in total. The number of thiazole rings is 1. The van der Waals surface area contributed by atoms with Crippen molar-refractivity contribution in [1.82, 2.24) is 4.98 Å². The van der Waals surface area contributed by atoms with Crippen molar-refractivity contribution in [1.29, 1.82) is 0 Å². The maximum Gasteiger partial charge on any atom is 0.367 e. The third kappa shape index (κ3) is 4.45. The summed E-state index contributed by atoms with van der Waals surface area (Å²) in [5.74, 6) is -1.01. The average molecular weight is 410 g/mol. The van der Waals surface area contributed by atoms with Gasteiger partial charge in [-0.2, -0.15) is 0 Å². The van der Waals surface area contributed by atoms with Crippen LogP contribution in [0.15, 0.2) is 29.6 Å². The van der Waals surface area contributed by atoms with Crippen LogP contribution in [-0.2, 0) is 26.1 Å². The molecule has 1 aromatic carbocycles. The zero-order chi connectivity index (χ0) is 19.4. The highest BCUT2D eigenvalue weighted by Crippen LogP contribution is 2.25. The van der Waals surface area contributed by atoms with Crippen LogP contribution in [0.5, 0.6) is 0 Å². The molecule has 2 heterocycles. The van der Waals surface area contributed by atoms with Gasteiger partial charge >= 0.3 is 11.9 Å². The summed E-state index contributed by atoms with van der Waals surface area (Å²) in [4.78, 5) is 28.0. The summed E-state index contributed by atoms with van der Waals surface area (Å²) in [6.45, 7) is 2.26. The number of ether oxygens (including phenoxy) is 2. The lowest BCUT2D eigenvalue weighted by Gasteiger charge is -2.17. The second kappa shape index (κ2) is 8.05. The molecule has 8 nitrogen and oxygen atoms in total. The number of aromatic nitrogens is 1. The number of nitrogens with zero attached hydrogens (tertiary/aromatic N) is 2. The zero-order valence-corrected chi connectivity index (χ0v) is 16.2. The highest BCUT2D eigenvalue weighted by Gasteiger charge is 2.28. The highest BCUT2D eigenvalue weighted by atomic mass is 32.2. The second-order valence-corrected chi connectivity index (χ2v) is 8.60. The van der Waals surface area contributed by atoms with Crippen LogP contribution in [0.4, 0.5) is 5.69 Å². The predicted octanol–water partition coefficient (Wildman–Crippen LogP) is 2.22. The fraction of sp³-hybridized carbons (Fsp3) is 0.353. The molecule has 0 unspecified atom stereocenters. The third-order valence-corrected chi connectivity index (χ3v) is 6.56. The molecule has 0 atom stereocenters. The van der Waals surface area contributed by atoms with Crippen LogP contribution in [0.25, 0.3) is 0 Å². The smallest absolute Gasteiger partial charge is 0.367 e. The SMILES string of the molecule is CCOC(=O)c1nc(COC(=O)c2cccc(N3CCCS3(=O)=O)c2)cs1. The first kappa shape index (κ1) is 19.3. The van der Waals surface area contributed by atoms with E-state index in [4.69, 9.17) is 9.47 Å². The number of carbonyl (C=O) groups is 2. The quantitative estimate of drug-likeness (QED) is 0.673. The van der Waals surface area contributed by atoms with E-state index in [9.17, 15) is 18.0 Å². The molecule has 0 saturated carbocycles. The van der Waals surface area contributed by atoms with Crippen molar-refractivity contribution in [3.63, 3.8) is 0 Å². The Hall–Kier alpha value is -2.46. The van der Waals surface area contributed by atoms with Crippen molar-refractivity contribution in [2.75, 3.05) is 23.2 Å². The van der Waals surface area contributed by atoms with Crippen molar-refractivity contribution in [3.05, 3.63) is 45.9 Å². The Bertz CT molecular complexity index is 954. The van der Waals surface area contributed by atoms with Crippen molar-refractivity contribution in [2.45, 2.75) is 20.0 Å². The van der Waals surface area contributed by atoms with Gasteiger partial charge in [0, 0.05) is 11.9 Å². The van der Waals surface area contributed by atoms with Crippen LogP contribution in [0.2, 0.25) is 0 Å². The van der Waals surface area contributed by atoms with E-state index in [1.807, 2.05) is 0 Å². The van der Waals surface area contributed by atoms with Gasteiger partial charge in [0.25, 0.3) is 0 Å². The Morgan fingerprint density at radius 1 is 1.26 bits per heavy atom. The molecule has 1 fully saturated rings. The first-order valence-corrected chi connectivity index (χ1v) is 10.8. The van der Waals surface area contributed by atoms with Crippen LogP contribution in [-0.4, -0.2) is 44.2 Å². The van der Waals surface area contributed by atoms with Gasteiger partial charge in [0.05, 0.1) is 29.3 Å². The standard InChI is InChI=1S/C17H18N2O6S2/c1-2-24-17(21)15-18-13(11-26-15)10-25-16(20)12-5-3-6-14(9-12)19-7-4-8-27(19,22)23/h3,5-6,9,11H,2,4,7-8,10H2,1H3. The molecule has 1 aliphatic rings. The number of anilines is 1. The Morgan fingerprint density at radius 3 is 2.78 bits per heavy atom. The molecule has 27 heavy (non-hydrogen) atoms. The summed E-state index contributed by atoms with van der Waals surface area (Å²) >= 11 is 1.11. The number of sulfonamides is 1. The van der Waals surface area contributed by atoms with Gasteiger partial charge < -0.3 is 9.47 Å². The van der Waals surface area contributed by atoms with Gasteiger partial charge in [0.2, 0.25) is 15.0 Å². The molecule has 0 bridgehead atoms. The summed E-state index contributed by atoms with van der Waals surface area (Å²) in [6, 6.07) is 6.31. The van der Waals surface area contributed by atoms with Gasteiger partial charge in [-0.3, -0.25) is 4.31 Å². The maximum atomic E-state index is 12.3. The molecule has 0 spiro atoms. The number of carbonyl (C=O) groups excluding carboxylic acids is 2. The van der Waals surface area contributed by atoms with Gasteiger partial charge in [-0.05, 0) is 31.5 Å². The van der Waals surface area contributed by atoms with E-state index in [1.165, 1.54) is 10.4 Å². The topological polar surface area (TPSA) is 103 Å². The second-order valence-electron chi connectivity index (χ2n) is 5.73. The number of esters is 2. The van der Waals surface area contributed by atoms with Gasteiger partial charge in [0.1, 0.15) is 6.61 Å². The number of benzene rings is 1. The minimum absolute atomic E-state index is 0.0963. The minimum atomic E-state index is -3.32. The van der Waals surface area contributed by atoms with Crippen LogP contribution in [0, 0.1) is 0 Å². The third-order valence-electron chi connectivity index (χ3n) is 3.82. The summed E-state index contributed by atoms with van der Waals surface area (Å²) in [5, 5.41) is 1.82. The molecule has 1 aliphatic heterocycles. The van der Waals surface area contributed by atoms with Gasteiger partial charge in [-0.15, -0.1) is 11.3 Å². The Balaban J connectivity index is 1.65. The lowest BCUT2D eigenvalue weighted by Crippen LogP contribution is -2.25. The summed E-state index contributed by atoms with van der Waals surface area (Å²) in [6.07, 6.45) is 0.559. The average Bonchev–Trinajstić information content (AvgIpc) is 3.26. The summed E-state index contributed by atoms with van der Waals surface area (Å²) < 4.78 is 35.4. The number of rotatable bonds is 6. The van der Waals surface area contributed by atoms with Gasteiger partial charge in [0.15, 0.2) is 0 Å². The molecule has 3 rings (SSSR count). The Labute approximate surface area is 160 Å². The number of hydrogen-bond donors (Lipinski definition) is 0. The Morgan fingerprint density at radius 2 is 2.07 bits per heavy atom. The largest absolute Gasteiger partial charge is 0.461 e. The van der Waals surface area contributed by atoms with E-state index in [1.54, 1.807) is 30.5 Å². The molecule has 0 amide bonds. The van der Waals surface area contributed by atoms with E-state index in [2.05, 4.69) is 4.98 Å². The van der Waals surface area contributed by atoms with Crippen molar-refractivity contribution >= 4 is 39.0 Å². The van der Waals surface area contributed by atoms with Crippen molar-refractivity contribution < 1.29 is 27.5 Å². The van der Waals surface area contributed by atoms with E-state index < -0.39 is 22.0 Å². The first-order chi connectivity index (χ1) is 12.9. The van der Waals surface area contributed by atoms with Gasteiger partial charge in [-0.25, -0.2) is 23.0 Å². The van der Waals surface area contributed by atoms with Crippen LogP contribution >= 0.6 is 11.3 Å². The van der Waals surface area contributed by atoms with Crippen LogP contribution in [0.1, 0.15) is 39.2 Å². The van der Waals surface area contributed by atoms with E-state index in [-0.39, 0.29) is 29.5 Å². The fourth-order valence-corrected chi connectivity index (χ4v) is 4.85.